The highest BCUT2D eigenvalue weighted by Crippen LogP contribution is 2.41. The average Bonchev–Trinajstić information content (AvgIpc) is 3.27. The lowest BCUT2D eigenvalue weighted by atomic mass is 9.95. The topological polar surface area (TPSA) is 104 Å². The van der Waals surface area contributed by atoms with Crippen molar-refractivity contribution in [3.63, 3.8) is 0 Å². The predicted molar refractivity (Wildman–Crippen MR) is 137 cm³/mol. The van der Waals surface area contributed by atoms with Crippen molar-refractivity contribution in [2.45, 2.75) is 32.1 Å². The number of nitrogens with zero attached hydrogens (tertiary/aromatic N) is 5. The number of carbonyl (C=O) groups is 1. The van der Waals surface area contributed by atoms with E-state index >= 15 is 0 Å². The third kappa shape index (κ3) is 4.70. The fourth-order valence-corrected chi connectivity index (χ4v) is 5.50. The molecule has 0 spiro atoms. The van der Waals surface area contributed by atoms with Crippen LogP contribution in [0.1, 0.15) is 53.3 Å². The molecule has 4 heterocycles. The van der Waals surface area contributed by atoms with Crippen LogP contribution in [-0.4, -0.2) is 36.3 Å². The Balaban J connectivity index is 1.33. The largest absolute Gasteiger partial charge is 0.341 e. The van der Waals surface area contributed by atoms with Crippen LogP contribution in [0.5, 0.6) is 0 Å². The summed E-state index contributed by atoms with van der Waals surface area (Å²) in [7, 11) is 0. The number of thiophene rings is 1. The summed E-state index contributed by atoms with van der Waals surface area (Å²) in [6.07, 6.45) is 8.32. The van der Waals surface area contributed by atoms with Crippen LogP contribution in [0.4, 0.5) is 4.39 Å². The Morgan fingerprint density at radius 3 is 2.76 bits per heavy atom. The van der Waals surface area contributed by atoms with Gasteiger partial charge in [-0.2, -0.15) is 0 Å². The van der Waals surface area contributed by atoms with Crippen LogP contribution in [0, 0.1) is 11.7 Å². The minimum Gasteiger partial charge on any atom is -0.341 e. The molecule has 1 saturated carbocycles. The maximum Gasteiger partial charge on any atom is 0.293 e. The van der Waals surface area contributed by atoms with Gasteiger partial charge in [-0.15, -0.1) is 16.0 Å². The molecule has 0 radical (unpaired) electrons. The quantitative estimate of drug-likeness (QED) is 0.201. The fraction of sp³-hybridized carbons (Fsp3) is 0.231. The van der Waals surface area contributed by atoms with Gasteiger partial charge >= 0.3 is 0 Å². The van der Waals surface area contributed by atoms with Crippen molar-refractivity contribution >= 4 is 28.7 Å². The van der Waals surface area contributed by atoms with Crippen molar-refractivity contribution in [1.29, 1.82) is 0 Å². The first kappa shape index (κ1) is 23.6. The number of hydrogen-bond acceptors (Lipinski definition) is 6. The number of H-pyrrole nitrogens is 2. The van der Waals surface area contributed by atoms with Gasteiger partial charge in [-0.1, -0.05) is 35.7 Å². The van der Waals surface area contributed by atoms with E-state index in [2.05, 4.69) is 25.5 Å². The molecule has 0 amide bonds. The van der Waals surface area contributed by atoms with Crippen molar-refractivity contribution in [2.24, 2.45) is 5.92 Å². The second-order valence-electron chi connectivity index (χ2n) is 9.20. The number of nitrogens with one attached hydrogen (secondary N) is 2. The van der Waals surface area contributed by atoms with Crippen LogP contribution >= 0.6 is 22.9 Å². The number of Topliss-reactive ketones (excluding diaryl/α,β-unsaturated/α-hetero) is 1. The summed E-state index contributed by atoms with van der Waals surface area (Å²) in [4.78, 5) is 24.5. The van der Waals surface area contributed by atoms with Crippen molar-refractivity contribution < 1.29 is 13.9 Å². The molecule has 0 aliphatic heterocycles. The molecule has 0 bridgehead atoms. The number of hydrogen-bond donors (Lipinski definition) is 2. The molecule has 1 aromatic carbocycles. The second kappa shape index (κ2) is 9.60. The van der Waals surface area contributed by atoms with Crippen LogP contribution in [0.2, 0.25) is 5.02 Å². The van der Waals surface area contributed by atoms with E-state index in [4.69, 9.17) is 16.6 Å². The molecule has 4 aromatic heterocycles. The highest BCUT2D eigenvalue weighted by Gasteiger charge is 2.30. The van der Waals surface area contributed by atoms with Gasteiger partial charge in [0.25, 0.3) is 6.33 Å². The van der Waals surface area contributed by atoms with E-state index in [0.717, 1.165) is 46.1 Å². The second-order valence-corrected chi connectivity index (χ2v) is 10.5. The Bertz CT molecular complexity index is 1570. The van der Waals surface area contributed by atoms with Gasteiger partial charge in [0.1, 0.15) is 21.5 Å². The summed E-state index contributed by atoms with van der Waals surface area (Å²) in [6.45, 7) is 1.37. The number of tetrazole rings is 1. The summed E-state index contributed by atoms with van der Waals surface area (Å²) in [6, 6.07) is 9.61. The average molecular weight is 535 g/mol. The Morgan fingerprint density at radius 1 is 1.22 bits per heavy atom. The fourth-order valence-electron chi connectivity index (χ4n) is 4.49. The monoisotopic (exact) mass is 534 g/mol. The Kier molecular flexibility index (Phi) is 6.13. The number of rotatable bonds is 8. The zero-order chi connectivity index (χ0) is 25.5. The van der Waals surface area contributed by atoms with E-state index in [9.17, 15) is 9.18 Å². The third-order valence-corrected chi connectivity index (χ3v) is 7.87. The maximum atomic E-state index is 14.8. The highest BCUT2D eigenvalue weighted by molar-refractivity contribution is 7.12. The summed E-state index contributed by atoms with van der Waals surface area (Å²) in [5.74, 6) is 0.506. The first-order valence-electron chi connectivity index (χ1n) is 11.8. The van der Waals surface area contributed by atoms with Crippen LogP contribution in [-0.2, 0) is 0 Å². The van der Waals surface area contributed by atoms with Gasteiger partial charge in [0, 0.05) is 40.2 Å². The van der Waals surface area contributed by atoms with Crippen LogP contribution in [0.3, 0.4) is 0 Å². The molecule has 1 atom stereocenters. The molecule has 1 aliphatic rings. The number of halogens is 2. The molecule has 8 nitrogen and oxygen atoms in total. The lowest BCUT2D eigenvalue weighted by Crippen LogP contribution is -2.32. The number of benzene rings is 1. The van der Waals surface area contributed by atoms with E-state index in [1.54, 1.807) is 22.6 Å². The lowest BCUT2D eigenvalue weighted by molar-refractivity contribution is -0.659. The Hall–Kier alpha value is -3.76. The number of carbonyl (C=O) groups excluding carboxylic acids is 1. The number of aromatic amines is 2. The third-order valence-electron chi connectivity index (χ3n) is 6.58. The zero-order valence-electron chi connectivity index (χ0n) is 19.8. The molecule has 2 N–H and O–H groups in total. The SMILES string of the molecule is CC(=O)c1scc(-c2cnc(C(CC3CC3)c3ccc(-c4cc(Cl)ccc4-[n+]4cnn[nH]4)cn3)[nH]2)c1F. The van der Waals surface area contributed by atoms with Crippen molar-refractivity contribution in [3.8, 4) is 28.1 Å². The summed E-state index contributed by atoms with van der Waals surface area (Å²) in [5.41, 5.74) is 4.42. The predicted octanol–water partition coefficient (Wildman–Crippen LogP) is 5.52. The normalized spacial score (nSPS) is 14.1. The summed E-state index contributed by atoms with van der Waals surface area (Å²) < 4.78 is 16.5. The van der Waals surface area contributed by atoms with E-state index in [1.807, 2.05) is 36.5 Å². The van der Waals surface area contributed by atoms with Crippen molar-refractivity contribution in [3.05, 3.63) is 81.7 Å². The maximum absolute atomic E-state index is 14.8. The smallest absolute Gasteiger partial charge is 0.293 e. The van der Waals surface area contributed by atoms with Gasteiger partial charge in [0.15, 0.2) is 16.8 Å². The van der Waals surface area contributed by atoms with Crippen LogP contribution in [0.15, 0.2) is 54.4 Å². The molecule has 6 rings (SSSR count). The van der Waals surface area contributed by atoms with Gasteiger partial charge in [-0.05, 0) is 36.6 Å². The van der Waals surface area contributed by atoms with Crippen LogP contribution in [0.25, 0.3) is 28.1 Å². The molecule has 186 valence electrons. The number of pyridine rings is 1. The van der Waals surface area contributed by atoms with E-state index < -0.39 is 5.82 Å². The van der Waals surface area contributed by atoms with Gasteiger partial charge < -0.3 is 4.98 Å². The molecule has 11 heteroatoms. The number of ketones is 1. The lowest BCUT2D eigenvalue weighted by Gasteiger charge is -2.15. The van der Waals surface area contributed by atoms with Gasteiger partial charge in [0.05, 0.1) is 23.5 Å². The Morgan fingerprint density at radius 2 is 2.08 bits per heavy atom. The highest BCUT2D eigenvalue weighted by atomic mass is 35.5. The van der Waals surface area contributed by atoms with Crippen LogP contribution < -0.4 is 4.68 Å². The minimum atomic E-state index is -0.503. The van der Waals surface area contributed by atoms with E-state index in [-0.39, 0.29) is 16.6 Å². The molecule has 1 fully saturated rings. The van der Waals surface area contributed by atoms with Gasteiger partial charge in [-0.25, -0.2) is 9.37 Å². The first-order valence-corrected chi connectivity index (χ1v) is 13.1. The number of imidazole rings is 1. The molecule has 5 aromatic rings. The summed E-state index contributed by atoms with van der Waals surface area (Å²) in [5, 5.41) is 12.7. The molecule has 1 aliphatic carbocycles. The molecule has 0 saturated heterocycles. The van der Waals surface area contributed by atoms with Crippen molar-refractivity contribution in [1.82, 2.24) is 30.5 Å². The molecule has 1 unspecified atom stereocenters. The minimum absolute atomic E-state index is 0.0608. The molecular weight excluding hydrogens is 513 g/mol. The Labute approximate surface area is 220 Å². The first-order chi connectivity index (χ1) is 18.0. The van der Waals surface area contributed by atoms with Gasteiger partial charge in [-0.3, -0.25) is 9.78 Å². The van der Waals surface area contributed by atoms with Gasteiger partial charge in [0.2, 0.25) is 0 Å². The van der Waals surface area contributed by atoms with E-state index in [0.29, 0.717) is 22.2 Å². The standard InChI is InChI=1S/C26H21ClFN7OS/c1-14(36)25-24(28)20(12-37-25)22-11-30-26(32-22)19(8-15-2-3-15)21-6-4-16(10-29-21)18-9-17(27)5-7-23(18)35-13-31-33-34-35/h4-7,9-13,15,19H,2-3,8H2,1H3,(H,30,32)/p+1. The summed E-state index contributed by atoms with van der Waals surface area (Å²) >= 11 is 7.42. The number of aromatic nitrogens is 7. The van der Waals surface area contributed by atoms with E-state index in [1.165, 1.54) is 19.8 Å². The molecular formula is C26H22ClFN7OS+. The molecule has 37 heavy (non-hydrogen) atoms. The zero-order valence-corrected chi connectivity index (χ0v) is 21.4. The van der Waals surface area contributed by atoms with Crippen molar-refractivity contribution in [2.75, 3.05) is 0 Å².